The molecule has 3 aromatic rings. The molecule has 0 bridgehead atoms. The Bertz CT molecular complexity index is 1010. The van der Waals surface area contributed by atoms with Crippen molar-refractivity contribution in [2.45, 2.75) is 39.8 Å². The molecule has 1 aliphatic rings. The summed E-state index contributed by atoms with van der Waals surface area (Å²) in [4.78, 5) is 19.4. The maximum absolute atomic E-state index is 12.5. The molecule has 1 aliphatic heterocycles. The van der Waals surface area contributed by atoms with Crippen LogP contribution in [0.5, 0.6) is 0 Å². The lowest BCUT2D eigenvalue weighted by molar-refractivity contribution is -0.126. The van der Waals surface area contributed by atoms with Gasteiger partial charge in [-0.2, -0.15) is 4.98 Å². The molecule has 1 aromatic heterocycles. The number of piperidine rings is 1. The van der Waals surface area contributed by atoms with Crippen molar-refractivity contribution in [2.24, 2.45) is 5.92 Å². The summed E-state index contributed by atoms with van der Waals surface area (Å²) < 4.78 is 5.47. The lowest BCUT2D eigenvalue weighted by Gasteiger charge is -2.30. The first-order valence-corrected chi connectivity index (χ1v) is 10.5. The fraction of sp³-hybridized carbons (Fsp3) is 0.375. The van der Waals surface area contributed by atoms with Gasteiger partial charge in [-0.15, -0.1) is 0 Å². The van der Waals surface area contributed by atoms with Crippen molar-refractivity contribution in [3.05, 3.63) is 71.1 Å². The van der Waals surface area contributed by atoms with Crippen molar-refractivity contribution in [1.82, 2.24) is 20.4 Å². The molecule has 0 saturated carbocycles. The summed E-state index contributed by atoms with van der Waals surface area (Å²) in [5.74, 6) is 1.47. The Balaban J connectivity index is 1.26. The third-order valence-corrected chi connectivity index (χ3v) is 5.72. The van der Waals surface area contributed by atoms with E-state index >= 15 is 0 Å². The van der Waals surface area contributed by atoms with E-state index in [9.17, 15) is 4.79 Å². The van der Waals surface area contributed by atoms with E-state index in [0.29, 0.717) is 24.8 Å². The van der Waals surface area contributed by atoms with Crippen molar-refractivity contribution in [3.63, 3.8) is 0 Å². The predicted molar refractivity (Wildman–Crippen MR) is 115 cm³/mol. The van der Waals surface area contributed by atoms with Gasteiger partial charge in [0.1, 0.15) is 0 Å². The summed E-state index contributed by atoms with van der Waals surface area (Å²) in [6.45, 7) is 7.02. The van der Waals surface area contributed by atoms with Crippen LogP contribution in [-0.2, 0) is 17.9 Å². The van der Waals surface area contributed by atoms with Crippen molar-refractivity contribution in [2.75, 3.05) is 13.1 Å². The lowest BCUT2D eigenvalue weighted by atomic mass is 9.96. The average molecular weight is 405 g/mol. The Morgan fingerprint density at radius 1 is 1.13 bits per heavy atom. The summed E-state index contributed by atoms with van der Waals surface area (Å²) in [5, 5.41) is 7.23. The molecule has 0 radical (unpaired) electrons. The highest BCUT2D eigenvalue weighted by atomic mass is 16.5. The first-order valence-electron chi connectivity index (χ1n) is 10.5. The van der Waals surface area contributed by atoms with Crippen molar-refractivity contribution in [1.29, 1.82) is 0 Å². The number of rotatable bonds is 6. The van der Waals surface area contributed by atoms with Crippen LogP contribution in [0.2, 0.25) is 0 Å². The number of likely N-dealkylation sites (tertiary alicyclic amines) is 1. The quantitative estimate of drug-likeness (QED) is 0.675. The molecule has 156 valence electrons. The molecule has 0 spiro atoms. The molecular weight excluding hydrogens is 376 g/mol. The molecule has 30 heavy (non-hydrogen) atoms. The number of benzene rings is 2. The molecule has 0 atom stereocenters. The first kappa shape index (κ1) is 20.3. The van der Waals surface area contributed by atoms with Crippen LogP contribution in [0.15, 0.2) is 53.1 Å². The van der Waals surface area contributed by atoms with Crippen molar-refractivity contribution < 1.29 is 9.32 Å². The van der Waals surface area contributed by atoms with Crippen molar-refractivity contribution in [3.8, 4) is 11.4 Å². The summed E-state index contributed by atoms with van der Waals surface area (Å²) >= 11 is 0. The van der Waals surface area contributed by atoms with Gasteiger partial charge >= 0.3 is 0 Å². The maximum Gasteiger partial charge on any atom is 0.241 e. The summed E-state index contributed by atoms with van der Waals surface area (Å²) in [6, 6.07) is 16.3. The number of hydrogen-bond donors (Lipinski definition) is 1. The second kappa shape index (κ2) is 9.22. The molecule has 0 aliphatic carbocycles. The van der Waals surface area contributed by atoms with Gasteiger partial charge in [-0.05, 0) is 50.9 Å². The minimum Gasteiger partial charge on any atom is -0.352 e. The van der Waals surface area contributed by atoms with E-state index in [1.165, 1.54) is 5.56 Å². The van der Waals surface area contributed by atoms with Gasteiger partial charge in [0.25, 0.3) is 0 Å². The smallest absolute Gasteiger partial charge is 0.241 e. The van der Waals surface area contributed by atoms with E-state index in [1.807, 2.05) is 43.3 Å². The van der Waals surface area contributed by atoms with Gasteiger partial charge in [0.05, 0.1) is 6.54 Å². The number of carbonyl (C=O) groups excluding carboxylic acids is 1. The number of nitrogens with one attached hydrogen (secondary N) is 1. The van der Waals surface area contributed by atoms with E-state index < -0.39 is 0 Å². The molecule has 0 unspecified atom stereocenters. The Morgan fingerprint density at radius 3 is 2.70 bits per heavy atom. The van der Waals surface area contributed by atoms with Crippen molar-refractivity contribution >= 4 is 5.91 Å². The van der Waals surface area contributed by atoms with Crippen LogP contribution < -0.4 is 5.32 Å². The molecule has 2 aromatic carbocycles. The van der Waals surface area contributed by atoms with Gasteiger partial charge in [-0.25, -0.2) is 0 Å². The Hall–Kier alpha value is -2.99. The normalized spacial score (nSPS) is 15.3. The minimum atomic E-state index is 0.0660. The van der Waals surface area contributed by atoms with E-state index in [2.05, 4.69) is 39.4 Å². The fourth-order valence-corrected chi connectivity index (χ4v) is 3.95. The van der Waals surface area contributed by atoms with E-state index in [-0.39, 0.29) is 11.8 Å². The highest BCUT2D eigenvalue weighted by Crippen LogP contribution is 2.22. The average Bonchev–Trinajstić information content (AvgIpc) is 3.21. The number of aryl methyl sites for hydroxylation is 2. The zero-order valence-electron chi connectivity index (χ0n) is 17.6. The second-order valence-electron chi connectivity index (χ2n) is 8.08. The third kappa shape index (κ3) is 4.94. The predicted octanol–water partition coefficient (Wildman–Crippen LogP) is 3.88. The SMILES string of the molecule is Cc1cccc(CNC(=O)C2CCN(Cc3nc(-c4ccccc4C)no3)CC2)c1. The number of amides is 1. The highest BCUT2D eigenvalue weighted by molar-refractivity contribution is 5.78. The minimum absolute atomic E-state index is 0.0660. The molecule has 1 saturated heterocycles. The van der Waals surface area contributed by atoms with Crippen LogP contribution in [0.1, 0.15) is 35.4 Å². The largest absolute Gasteiger partial charge is 0.352 e. The number of hydrogen-bond acceptors (Lipinski definition) is 5. The number of nitrogens with zero attached hydrogens (tertiary/aromatic N) is 3. The van der Waals surface area contributed by atoms with Gasteiger partial charge in [-0.3, -0.25) is 9.69 Å². The maximum atomic E-state index is 12.5. The van der Waals surface area contributed by atoms with Gasteiger partial charge in [0.2, 0.25) is 17.6 Å². The molecule has 1 amide bonds. The monoisotopic (exact) mass is 404 g/mol. The van der Waals surface area contributed by atoms with Crippen LogP contribution in [0, 0.1) is 19.8 Å². The fourth-order valence-electron chi connectivity index (χ4n) is 3.95. The van der Waals surface area contributed by atoms with Gasteiger partial charge in [-0.1, -0.05) is 59.3 Å². The molecule has 1 N–H and O–H groups in total. The first-order chi connectivity index (χ1) is 14.6. The lowest BCUT2D eigenvalue weighted by Crippen LogP contribution is -2.40. The molecular formula is C24H28N4O2. The van der Waals surface area contributed by atoms with E-state index in [1.54, 1.807) is 0 Å². The van der Waals surface area contributed by atoms with Crippen LogP contribution >= 0.6 is 0 Å². The Kier molecular flexibility index (Phi) is 6.23. The van der Waals surface area contributed by atoms with Crippen LogP contribution in [0.25, 0.3) is 11.4 Å². The summed E-state index contributed by atoms with van der Waals surface area (Å²) in [6.07, 6.45) is 1.69. The Labute approximate surface area is 177 Å². The van der Waals surface area contributed by atoms with Crippen LogP contribution in [-0.4, -0.2) is 34.0 Å². The van der Waals surface area contributed by atoms with Crippen LogP contribution in [0.4, 0.5) is 0 Å². The highest BCUT2D eigenvalue weighted by Gasteiger charge is 2.26. The molecule has 2 heterocycles. The van der Waals surface area contributed by atoms with E-state index in [0.717, 1.165) is 42.6 Å². The Morgan fingerprint density at radius 2 is 1.93 bits per heavy atom. The molecule has 6 heteroatoms. The third-order valence-electron chi connectivity index (χ3n) is 5.72. The standard InChI is InChI=1S/C24H28N4O2/c1-17-6-5-8-19(14-17)15-25-24(29)20-10-12-28(13-11-20)16-22-26-23(27-30-22)21-9-4-3-7-18(21)2/h3-9,14,20H,10-13,15-16H2,1-2H3,(H,25,29). The van der Waals surface area contributed by atoms with Gasteiger partial charge in [0, 0.05) is 18.0 Å². The second-order valence-corrected chi connectivity index (χ2v) is 8.08. The number of carbonyl (C=O) groups is 1. The number of aromatic nitrogens is 2. The molecule has 1 fully saturated rings. The molecule has 4 rings (SSSR count). The molecule has 6 nitrogen and oxygen atoms in total. The topological polar surface area (TPSA) is 71.3 Å². The van der Waals surface area contributed by atoms with E-state index in [4.69, 9.17) is 4.52 Å². The zero-order valence-corrected chi connectivity index (χ0v) is 17.6. The zero-order chi connectivity index (χ0) is 20.9. The summed E-state index contributed by atoms with van der Waals surface area (Å²) in [7, 11) is 0. The van der Waals surface area contributed by atoms with Crippen LogP contribution in [0.3, 0.4) is 0 Å². The van der Waals surface area contributed by atoms with Gasteiger partial charge in [0.15, 0.2) is 0 Å². The van der Waals surface area contributed by atoms with Gasteiger partial charge < -0.3 is 9.84 Å². The summed E-state index contributed by atoms with van der Waals surface area (Å²) in [5.41, 5.74) is 4.47.